The van der Waals surface area contributed by atoms with Gasteiger partial charge in [-0.1, -0.05) is 23.2 Å². The molecule has 1 saturated heterocycles. The van der Waals surface area contributed by atoms with Crippen molar-refractivity contribution < 1.29 is 19.4 Å². The lowest BCUT2D eigenvalue weighted by molar-refractivity contribution is -0.142. The molecule has 1 aliphatic rings. The Bertz CT molecular complexity index is 544. The number of amides is 1. The van der Waals surface area contributed by atoms with Gasteiger partial charge in [0.25, 0.3) is 0 Å². The van der Waals surface area contributed by atoms with Crippen molar-refractivity contribution in [3.05, 3.63) is 28.2 Å². The molecule has 2 N–H and O–H groups in total. The van der Waals surface area contributed by atoms with E-state index in [1.165, 1.54) is 6.07 Å². The summed E-state index contributed by atoms with van der Waals surface area (Å²) in [7, 11) is 0. The van der Waals surface area contributed by atoms with Crippen LogP contribution in [-0.2, 0) is 14.3 Å². The molecule has 2 rings (SSSR count). The molecular weight excluding hydrogens is 317 g/mol. The zero-order valence-corrected chi connectivity index (χ0v) is 12.7. The zero-order valence-electron chi connectivity index (χ0n) is 11.1. The van der Waals surface area contributed by atoms with Gasteiger partial charge in [0.15, 0.2) is 0 Å². The minimum atomic E-state index is -1.03. The topological polar surface area (TPSA) is 75.6 Å². The number of carbonyl (C=O) groups excluding carboxylic acids is 1. The first kappa shape index (κ1) is 16.1. The summed E-state index contributed by atoms with van der Waals surface area (Å²) < 4.78 is 5.45. The molecule has 1 fully saturated rings. The van der Waals surface area contributed by atoms with Crippen molar-refractivity contribution >= 4 is 40.8 Å². The number of halogens is 2. The maximum absolute atomic E-state index is 12.3. The summed E-state index contributed by atoms with van der Waals surface area (Å²) in [4.78, 5) is 23.2. The van der Waals surface area contributed by atoms with E-state index in [0.29, 0.717) is 28.8 Å². The quantitative estimate of drug-likeness (QED) is 0.868. The number of ether oxygens (including phenoxy) is 1. The Kier molecular flexibility index (Phi) is 5.45. The smallest absolute Gasteiger partial charge is 0.304 e. The fraction of sp³-hybridized carbons (Fsp3) is 0.429. The number of hydrogen-bond acceptors (Lipinski definition) is 3. The summed E-state index contributed by atoms with van der Waals surface area (Å²) in [6.45, 7) is 0.556. The van der Waals surface area contributed by atoms with Crippen LogP contribution in [-0.4, -0.2) is 29.7 Å². The van der Waals surface area contributed by atoms with Crippen LogP contribution in [0.4, 0.5) is 5.69 Å². The van der Waals surface area contributed by atoms with Crippen molar-refractivity contribution in [2.75, 3.05) is 11.9 Å². The minimum Gasteiger partial charge on any atom is -0.481 e. The van der Waals surface area contributed by atoms with Gasteiger partial charge in [0.05, 0.1) is 28.5 Å². The number of carboxylic acids is 1. The Labute approximate surface area is 132 Å². The van der Waals surface area contributed by atoms with Gasteiger partial charge in [-0.05, 0) is 31.0 Å². The molecule has 0 bridgehead atoms. The van der Waals surface area contributed by atoms with Gasteiger partial charge >= 0.3 is 5.97 Å². The molecule has 114 valence electrons. The third kappa shape index (κ3) is 4.33. The molecule has 1 heterocycles. The molecular formula is C14H15Cl2NO4. The highest BCUT2D eigenvalue weighted by Crippen LogP contribution is 2.27. The van der Waals surface area contributed by atoms with Gasteiger partial charge in [0.2, 0.25) is 5.91 Å². The van der Waals surface area contributed by atoms with E-state index in [-0.39, 0.29) is 18.4 Å². The molecule has 0 aliphatic carbocycles. The maximum Gasteiger partial charge on any atom is 0.304 e. The molecule has 21 heavy (non-hydrogen) atoms. The van der Waals surface area contributed by atoms with Crippen LogP contribution in [0.5, 0.6) is 0 Å². The largest absolute Gasteiger partial charge is 0.481 e. The zero-order chi connectivity index (χ0) is 15.4. The van der Waals surface area contributed by atoms with Crippen LogP contribution >= 0.6 is 23.2 Å². The Morgan fingerprint density at radius 2 is 2.14 bits per heavy atom. The number of nitrogens with one attached hydrogen (secondary N) is 1. The Morgan fingerprint density at radius 3 is 2.71 bits per heavy atom. The van der Waals surface area contributed by atoms with E-state index >= 15 is 0 Å². The Balaban J connectivity index is 2.09. The summed E-state index contributed by atoms with van der Waals surface area (Å²) in [6, 6.07) is 4.70. The van der Waals surface area contributed by atoms with Crippen molar-refractivity contribution in [3.63, 3.8) is 0 Å². The van der Waals surface area contributed by atoms with Crippen LogP contribution in [0, 0.1) is 5.92 Å². The molecule has 0 radical (unpaired) electrons. The molecule has 1 amide bonds. The molecule has 7 heteroatoms. The maximum atomic E-state index is 12.3. The second-order valence-electron chi connectivity index (χ2n) is 4.87. The number of rotatable bonds is 5. The van der Waals surface area contributed by atoms with E-state index in [0.717, 1.165) is 6.42 Å². The lowest BCUT2D eigenvalue weighted by Crippen LogP contribution is -2.34. The van der Waals surface area contributed by atoms with Crippen LogP contribution in [0.25, 0.3) is 0 Å². The minimum absolute atomic E-state index is 0.266. The van der Waals surface area contributed by atoms with Gasteiger partial charge in [0, 0.05) is 12.3 Å². The van der Waals surface area contributed by atoms with Crippen LogP contribution in [0.2, 0.25) is 10.0 Å². The van der Waals surface area contributed by atoms with E-state index in [4.69, 9.17) is 33.0 Å². The number of anilines is 1. The van der Waals surface area contributed by atoms with Crippen LogP contribution in [0.15, 0.2) is 18.2 Å². The lowest BCUT2D eigenvalue weighted by atomic mass is 9.95. The Hall–Kier alpha value is -1.30. The van der Waals surface area contributed by atoms with Crippen molar-refractivity contribution in [2.24, 2.45) is 5.92 Å². The highest BCUT2D eigenvalue weighted by Gasteiger charge is 2.33. The van der Waals surface area contributed by atoms with Crippen molar-refractivity contribution in [1.82, 2.24) is 0 Å². The predicted octanol–water partition coefficient (Wildman–Crippen LogP) is 3.20. The average Bonchev–Trinajstić information content (AvgIpc) is 2.93. The monoisotopic (exact) mass is 331 g/mol. The van der Waals surface area contributed by atoms with Crippen molar-refractivity contribution in [1.29, 1.82) is 0 Å². The Morgan fingerprint density at radius 1 is 1.38 bits per heavy atom. The van der Waals surface area contributed by atoms with Crippen LogP contribution in [0.1, 0.15) is 19.3 Å². The standard InChI is InChI=1S/C14H15Cl2NO4/c15-10-4-3-8(6-11(10)16)17-14(20)9(7-13(18)19)12-2-1-5-21-12/h3-4,6,9,12H,1-2,5,7H2,(H,17,20)(H,18,19)/t9-,12-/m1/s1. The predicted molar refractivity (Wildman–Crippen MR) is 79.8 cm³/mol. The highest BCUT2D eigenvalue weighted by atomic mass is 35.5. The number of carbonyl (C=O) groups is 2. The second-order valence-corrected chi connectivity index (χ2v) is 5.69. The first-order valence-electron chi connectivity index (χ1n) is 6.56. The molecule has 1 aromatic carbocycles. The molecule has 2 atom stereocenters. The second kappa shape index (κ2) is 7.11. The van der Waals surface area contributed by atoms with E-state index < -0.39 is 11.9 Å². The van der Waals surface area contributed by atoms with E-state index in [1.807, 2.05) is 0 Å². The van der Waals surface area contributed by atoms with E-state index in [9.17, 15) is 9.59 Å². The first-order chi connectivity index (χ1) is 9.97. The lowest BCUT2D eigenvalue weighted by Gasteiger charge is -2.20. The van der Waals surface area contributed by atoms with Crippen LogP contribution in [0.3, 0.4) is 0 Å². The molecule has 0 saturated carbocycles. The third-order valence-electron chi connectivity index (χ3n) is 3.33. The summed E-state index contributed by atoms with van der Waals surface area (Å²) in [5.74, 6) is -2.14. The summed E-state index contributed by atoms with van der Waals surface area (Å²) in [6.07, 6.45) is 0.898. The fourth-order valence-corrected chi connectivity index (χ4v) is 2.61. The van der Waals surface area contributed by atoms with Crippen LogP contribution < -0.4 is 5.32 Å². The number of benzene rings is 1. The molecule has 1 aliphatic heterocycles. The summed E-state index contributed by atoms with van der Waals surface area (Å²) in [5, 5.41) is 12.3. The molecule has 1 aromatic rings. The molecule has 0 spiro atoms. The third-order valence-corrected chi connectivity index (χ3v) is 4.07. The van der Waals surface area contributed by atoms with Gasteiger partial charge in [-0.3, -0.25) is 9.59 Å². The van der Waals surface area contributed by atoms with Crippen molar-refractivity contribution in [3.8, 4) is 0 Å². The molecule has 5 nitrogen and oxygen atoms in total. The fourth-order valence-electron chi connectivity index (χ4n) is 2.31. The normalized spacial score (nSPS) is 19.2. The molecule has 0 aromatic heterocycles. The highest BCUT2D eigenvalue weighted by molar-refractivity contribution is 6.42. The first-order valence-corrected chi connectivity index (χ1v) is 7.32. The van der Waals surface area contributed by atoms with Gasteiger partial charge in [-0.15, -0.1) is 0 Å². The molecule has 0 unspecified atom stereocenters. The summed E-state index contributed by atoms with van der Waals surface area (Å²) in [5.41, 5.74) is 0.475. The SMILES string of the molecule is O=C(O)C[C@@H](C(=O)Nc1ccc(Cl)c(Cl)c1)[C@H]1CCCO1. The van der Waals surface area contributed by atoms with Gasteiger partial charge < -0.3 is 15.2 Å². The average molecular weight is 332 g/mol. The van der Waals surface area contributed by atoms with Crippen molar-refractivity contribution in [2.45, 2.75) is 25.4 Å². The van der Waals surface area contributed by atoms with Gasteiger partial charge in [0.1, 0.15) is 0 Å². The van der Waals surface area contributed by atoms with E-state index in [2.05, 4.69) is 5.32 Å². The number of aliphatic carboxylic acids is 1. The number of hydrogen-bond donors (Lipinski definition) is 2. The summed E-state index contributed by atoms with van der Waals surface area (Å²) >= 11 is 11.7. The number of carboxylic acid groups (broad SMARTS) is 1. The van der Waals surface area contributed by atoms with Gasteiger partial charge in [-0.25, -0.2) is 0 Å². The van der Waals surface area contributed by atoms with E-state index in [1.54, 1.807) is 12.1 Å². The van der Waals surface area contributed by atoms with Gasteiger partial charge in [-0.2, -0.15) is 0 Å².